The van der Waals surface area contributed by atoms with Gasteiger partial charge in [-0.2, -0.15) is 0 Å². The molecule has 130 valence electrons. The third kappa shape index (κ3) is 3.39. The standard InChI is InChI=1S/C19H20N2O3S/c1-13-12-15(20-24-13)16-4-2-10-21(16)19(22)9-7-14-6-8-17(23-14)18-5-3-11-25-18/h3,5-6,8,11-12,16H,2,4,7,9-10H2,1H3. The van der Waals surface area contributed by atoms with Gasteiger partial charge in [-0.15, -0.1) is 11.3 Å². The van der Waals surface area contributed by atoms with E-state index in [4.69, 9.17) is 8.94 Å². The van der Waals surface area contributed by atoms with Gasteiger partial charge >= 0.3 is 0 Å². The lowest BCUT2D eigenvalue weighted by molar-refractivity contribution is -0.132. The van der Waals surface area contributed by atoms with E-state index in [0.29, 0.717) is 12.8 Å². The van der Waals surface area contributed by atoms with E-state index in [-0.39, 0.29) is 11.9 Å². The van der Waals surface area contributed by atoms with Gasteiger partial charge in [0.25, 0.3) is 0 Å². The molecule has 1 saturated heterocycles. The molecule has 0 bridgehead atoms. The highest BCUT2D eigenvalue weighted by Crippen LogP contribution is 2.32. The fourth-order valence-electron chi connectivity index (χ4n) is 3.35. The zero-order chi connectivity index (χ0) is 17.2. The van der Waals surface area contributed by atoms with Gasteiger partial charge in [-0.25, -0.2) is 0 Å². The second-order valence-electron chi connectivity index (χ2n) is 6.35. The van der Waals surface area contributed by atoms with E-state index in [1.165, 1.54) is 0 Å². The van der Waals surface area contributed by atoms with Crippen molar-refractivity contribution in [1.82, 2.24) is 10.1 Å². The lowest BCUT2D eigenvalue weighted by atomic mass is 10.1. The number of hydrogen-bond donors (Lipinski definition) is 0. The largest absolute Gasteiger partial charge is 0.460 e. The van der Waals surface area contributed by atoms with Crippen molar-refractivity contribution in [2.45, 2.75) is 38.6 Å². The summed E-state index contributed by atoms with van der Waals surface area (Å²) in [7, 11) is 0. The van der Waals surface area contributed by atoms with Gasteiger partial charge in [0.05, 0.1) is 10.9 Å². The van der Waals surface area contributed by atoms with Gasteiger partial charge in [0.1, 0.15) is 23.0 Å². The Morgan fingerprint density at radius 1 is 1.40 bits per heavy atom. The summed E-state index contributed by atoms with van der Waals surface area (Å²) in [6.07, 6.45) is 3.02. The topological polar surface area (TPSA) is 59.5 Å². The molecule has 4 heterocycles. The van der Waals surface area contributed by atoms with Gasteiger partial charge in [-0.1, -0.05) is 11.2 Å². The molecule has 6 heteroatoms. The van der Waals surface area contributed by atoms with E-state index in [2.05, 4.69) is 5.16 Å². The fraction of sp³-hybridized carbons (Fsp3) is 0.368. The van der Waals surface area contributed by atoms with Gasteiger partial charge in [0.15, 0.2) is 0 Å². The molecule has 0 N–H and O–H groups in total. The number of aryl methyl sites for hydroxylation is 2. The molecule has 0 aromatic carbocycles. The highest BCUT2D eigenvalue weighted by Gasteiger charge is 2.31. The van der Waals surface area contributed by atoms with Crippen LogP contribution in [0, 0.1) is 6.92 Å². The summed E-state index contributed by atoms with van der Waals surface area (Å²) in [6, 6.07) is 9.95. The predicted octanol–water partition coefficient (Wildman–Crippen LogP) is 4.60. The van der Waals surface area contributed by atoms with Crippen LogP contribution in [-0.2, 0) is 11.2 Å². The summed E-state index contributed by atoms with van der Waals surface area (Å²) in [5, 5.41) is 6.12. The Morgan fingerprint density at radius 2 is 2.32 bits per heavy atom. The monoisotopic (exact) mass is 356 g/mol. The Balaban J connectivity index is 1.38. The molecule has 25 heavy (non-hydrogen) atoms. The number of hydrogen-bond acceptors (Lipinski definition) is 5. The first-order valence-corrected chi connectivity index (χ1v) is 9.44. The predicted molar refractivity (Wildman–Crippen MR) is 95.3 cm³/mol. The minimum atomic E-state index is 0.0447. The minimum Gasteiger partial charge on any atom is -0.460 e. The molecule has 0 aliphatic carbocycles. The van der Waals surface area contributed by atoms with Gasteiger partial charge in [0.2, 0.25) is 5.91 Å². The Hall–Kier alpha value is -2.34. The van der Waals surface area contributed by atoms with Crippen molar-refractivity contribution in [3.05, 3.63) is 52.9 Å². The lowest BCUT2D eigenvalue weighted by Crippen LogP contribution is -2.30. The molecule has 1 unspecified atom stereocenters. The number of rotatable bonds is 5. The minimum absolute atomic E-state index is 0.0447. The second-order valence-corrected chi connectivity index (χ2v) is 7.30. The third-order valence-corrected chi connectivity index (χ3v) is 5.46. The Kier molecular flexibility index (Phi) is 4.44. The molecule has 3 aromatic rings. The van der Waals surface area contributed by atoms with E-state index >= 15 is 0 Å². The average molecular weight is 356 g/mol. The number of nitrogens with zero attached hydrogens (tertiary/aromatic N) is 2. The van der Waals surface area contributed by atoms with Crippen LogP contribution in [0.5, 0.6) is 0 Å². The number of likely N-dealkylation sites (tertiary alicyclic amines) is 1. The zero-order valence-corrected chi connectivity index (χ0v) is 14.9. The summed E-state index contributed by atoms with van der Waals surface area (Å²) >= 11 is 1.65. The molecule has 1 aliphatic rings. The molecule has 1 fully saturated rings. The van der Waals surface area contributed by atoms with Crippen LogP contribution < -0.4 is 0 Å². The first-order chi connectivity index (χ1) is 12.2. The summed E-state index contributed by atoms with van der Waals surface area (Å²) < 4.78 is 11.0. The molecule has 1 atom stereocenters. The van der Waals surface area contributed by atoms with Crippen molar-refractivity contribution < 1.29 is 13.7 Å². The smallest absolute Gasteiger partial charge is 0.223 e. The lowest BCUT2D eigenvalue weighted by Gasteiger charge is -2.22. The van der Waals surface area contributed by atoms with Crippen LogP contribution in [0.15, 0.2) is 44.7 Å². The van der Waals surface area contributed by atoms with Gasteiger partial charge in [-0.3, -0.25) is 4.79 Å². The normalized spacial score (nSPS) is 17.3. The molecular formula is C19H20N2O3S. The number of aromatic nitrogens is 1. The van der Waals surface area contributed by atoms with E-state index in [9.17, 15) is 4.79 Å². The summed E-state index contributed by atoms with van der Waals surface area (Å²) in [6.45, 7) is 2.66. The molecule has 0 spiro atoms. The van der Waals surface area contributed by atoms with Crippen molar-refractivity contribution in [3.8, 4) is 10.6 Å². The van der Waals surface area contributed by atoms with Crippen LogP contribution >= 0.6 is 11.3 Å². The van der Waals surface area contributed by atoms with E-state index in [0.717, 1.165) is 47.2 Å². The maximum atomic E-state index is 12.7. The maximum Gasteiger partial charge on any atom is 0.223 e. The molecule has 0 radical (unpaired) electrons. The SMILES string of the molecule is Cc1cc(C2CCCN2C(=O)CCc2ccc(-c3cccs3)o2)no1. The highest BCUT2D eigenvalue weighted by molar-refractivity contribution is 7.13. The molecule has 4 rings (SSSR count). The van der Waals surface area contributed by atoms with E-state index in [1.807, 2.05) is 47.5 Å². The maximum absolute atomic E-state index is 12.7. The number of carbonyl (C=O) groups is 1. The van der Waals surface area contributed by atoms with Crippen LogP contribution in [0.3, 0.4) is 0 Å². The molecule has 3 aromatic heterocycles. The Labute approximate surface area is 150 Å². The first kappa shape index (κ1) is 16.1. The van der Waals surface area contributed by atoms with Gasteiger partial charge in [0, 0.05) is 25.5 Å². The van der Waals surface area contributed by atoms with Crippen LogP contribution in [0.4, 0.5) is 0 Å². The van der Waals surface area contributed by atoms with Gasteiger partial charge in [-0.05, 0) is 43.3 Å². The van der Waals surface area contributed by atoms with E-state index in [1.54, 1.807) is 11.3 Å². The summed E-state index contributed by atoms with van der Waals surface area (Å²) in [4.78, 5) is 15.7. The summed E-state index contributed by atoms with van der Waals surface area (Å²) in [5.41, 5.74) is 0.862. The van der Waals surface area contributed by atoms with Crippen molar-refractivity contribution in [1.29, 1.82) is 0 Å². The number of furan rings is 1. The van der Waals surface area contributed by atoms with Crippen LogP contribution in [0.25, 0.3) is 10.6 Å². The average Bonchev–Trinajstić information content (AvgIpc) is 3.38. The first-order valence-electron chi connectivity index (χ1n) is 8.56. The Bertz CT molecular complexity index is 850. The number of carbonyl (C=O) groups excluding carboxylic acids is 1. The van der Waals surface area contributed by atoms with Crippen LogP contribution in [-0.4, -0.2) is 22.5 Å². The van der Waals surface area contributed by atoms with Crippen molar-refractivity contribution in [3.63, 3.8) is 0 Å². The molecule has 1 aliphatic heterocycles. The van der Waals surface area contributed by atoms with Crippen LogP contribution in [0.2, 0.25) is 0 Å². The molecule has 0 saturated carbocycles. The zero-order valence-electron chi connectivity index (χ0n) is 14.1. The summed E-state index contributed by atoms with van der Waals surface area (Å²) in [5.74, 6) is 2.66. The molecule has 1 amide bonds. The van der Waals surface area contributed by atoms with Crippen molar-refractivity contribution >= 4 is 17.2 Å². The highest BCUT2D eigenvalue weighted by atomic mass is 32.1. The third-order valence-electron chi connectivity index (χ3n) is 4.57. The van der Waals surface area contributed by atoms with Crippen molar-refractivity contribution in [2.75, 3.05) is 6.54 Å². The fourth-order valence-corrected chi connectivity index (χ4v) is 4.04. The van der Waals surface area contributed by atoms with E-state index < -0.39 is 0 Å². The molecular weight excluding hydrogens is 336 g/mol. The number of amides is 1. The van der Waals surface area contributed by atoms with Gasteiger partial charge < -0.3 is 13.8 Å². The number of thiophene rings is 1. The Morgan fingerprint density at radius 3 is 3.08 bits per heavy atom. The second kappa shape index (κ2) is 6.88. The quantitative estimate of drug-likeness (QED) is 0.670. The molecule has 5 nitrogen and oxygen atoms in total. The van der Waals surface area contributed by atoms with Crippen molar-refractivity contribution in [2.24, 2.45) is 0 Å². The van der Waals surface area contributed by atoms with Crippen LogP contribution in [0.1, 0.15) is 42.5 Å².